The first-order chi connectivity index (χ1) is 6.04. The molecule has 0 spiro atoms. The molecule has 0 heterocycles. The number of aromatic hydroxyl groups is 1. The molecule has 0 radical (unpaired) electrons. The van der Waals surface area contributed by atoms with Gasteiger partial charge in [-0.2, -0.15) is 0 Å². The highest BCUT2D eigenvalue weighted by Crippen LogP contribution is 2.34. The van der Waals surface area contributed by atoms with Crippen molar-refractivity contribution in [3.05, 3.63) is 23.8 Å². The highest BCUT2D eigenvalue weighted by Gasteiger charge is 2.17. The zero-order chi connectivity index (χ0) is 10.0. The van der Waals surface area contributed by atoms with Gasteiger partial charge in [0.25, 0.3) is 0 Å². The van der Waals surface area contributed by atoms with E-state index >= 15 is 0 Å². The molecule has 0 bridgehead atoms. The molecule has 1 aromatic rings. The zero-order valence-corrected chi connectivity index (χ0v) is 8.71. The van der Waals surface area contributed by atoms with E-state index in [1.807, 2.05) is 0 Å². The lowest BCUT2D eigenvalue weighted by molar-refractivity contribution is -0.116. The Balaban J connectivity index is 3.15. The number of phenolic OH excluding ortho intramolecular Hbond substituents is 1. The van der Waals surface area contributed by atoms with Crippen molar-refractivity contribution in [3.8, 4) is 5.75 Å². The van der Waals surface area contributed by atoms with E-state index in [0.29, 0.717) is 5.56 Å². The van der Waals surface area contributed by atoms with Gasteiger partial charge >= 0.3 is 0 Å². The first-order valence-electron chi connectivity index (χ1n) is 3.76. The van der Waals surface area contributed by atoms with Crippen molar-refractivity contribution in [1.82, 2.24) is 0 Å². The predicted octanol–water partition coefficient (Wildman–Crippen LogP) is 2.00. The average Bonchev–Trinajstić information content (AvgIpc) is 2.08. The lowest BCUT2D eigenvalue weighted by Crippen LogP contribution is -2.02. The number of alkyl halides is 1. The van der Waals surface area contributed by atoms with E-state index in [0.717, 1.165) is 0 Å². The number of rotatable bonds is 2. The zero-order valence-electron chi connectivity index (χ0n) is 7.12. The Morgan fingerprint density at radius 2 is 2.23 bits per heavy atom. The first-order valence-corrected chi connectivity index (χ1v) is 4.67. The monoisotopic (exact) mass is 243 g/mol. The van der Waals surface area contributed by atoms with Crippen LogP contribution in [0.5, 0.6) is 5.75 Å². The summed E-state index contributed by atoms with van der Waals surface area (Å²) in [5.74, 6) is -0.0968. The van der Waals surface area contributed by atoms with Gasteiger partial charge in [0.15, 0.2) is 0 Å². The topological polar surface area (TPSA) is 63.3 Å². The standard InChI is InChI=1S/C9H10BrNO2/c1-5(12)8(10)6-3-2-4-7(11)9(6)13/h2-4,8,13H,11H2,1H3. The molecule has 3 nitrogen and oxygen atoms in total. The number of carbonyl (C=O) groups excluding carboxylic acids is 1. The predicted molar refractivity (Wildman–Crippen MR) is 54.9 cm³/mol. The van der Waals surface area contributed by atoms with Crippen molar-refractivity contribution >= 4 is 27.4 Å². The van der Waals surface area contributed by atoms with Crippen LogP contribution in [0, 0.1) is 0 Å². The quantitative estimate of drug-likeness (QED) is 0.475. The van der Waals surface area contributed by atoms with Gasteiger partial charge in [0.1, 0.15) is 16.4 Å². The molecule has 1 unspecified atom stereocenters. The summed E-state index contributed by atoms with van der Waals surface area (Å²) in [6.45, 7) is 1.45. The number of hydrogen-bond acceptors (Lipinski definition) is 3. The molecule has 70 valence electrons. The van der Waals surface area contributed by atoms with Crippen molar-refractivity contribution in [1.29, 1.82) is 0 Å². The van der Waals surface area contributed by atoms with Crippen molar-refractivity contribution in [2.75, 3.05) is 5.73 Å². The fraction of sp³-hybridized carbons (Fsp3) is 0.222. The maximum atomic E-state index is 11.0. The molecule has 0 aromatic heterocycles. The summed E-state index contributed by atoms with van der Waals surface area (Å²) >= 11 is 3.17. The van der Waals surface area contributed by atoms with Crippen molar-refractivity contribution in [2.24, 2.45) is 0 Å². The fourth-order valence-corrected chi connectivity index (χ4v) is 1.37. The number of para-hydroxylation sites is 1. The van der Waals surface area contributed by atoms with Crippen molar-refractivity contribution < 1.29 is 9.90 Å². The Morgan fingerprint density at radius 1 is 1.62 bits per heavy atom. The largest absolute Gasteiger partial charge is 0.505 e. The van der Waals surface area contributed by atoms with Gasteiger partial charge in [-0.15, -0.1) is 0 Å². The number of Topliss-reactive ketones (excluding diaryl/α,β-unsaturated/α-hetero) is 1. The third-order valence-corrected chi connectivity index (χ3v) is 2.87. The minimum atomic E-state index is -0.490. The number of hydrogen-bond donors (Lipinski definition) is 2. The van der Waals surface area contributed by atoms with Crippen LogP contribution < -0.4 is 5.73 Å². The van der Waals surface area contributed by atoms with Crippen LogP contribution >= 0.6 is 15.9 Å². The minimum absolute atomic E-state index is 0.0282. The average molecular weight is 244 g/mol. The second kappa shape index (κ2) is 3.79. The van der Waals surface area contributed by atoms with Gasteiger partial charge < -0.3 is 10.8 Å². The third-order valence-electron chi connectivity index (χ3n) is 1.73. The number of nitrogen functional groups attached to an aromatic ring is 1. The molecule has 1 rings (SSSR count). The molecule has 0 saturated carbocycles. The van der Waals surface area contributed by atoms with Crippen LogP contribution in [-0.4, -0.2) is 10.9 Å². The fourth-order valence-electron chi connectivity index (χ4n) is 1.00. The van der Waals surface area contributed by atoms with Crippen molar-refractivity contribution in [3.63, 3.8) is 0 Å². The van der Waals surface area contributed by atoms with Crippen LogP contribution in [0.3, 0.4) is 0 Å². The van der Waals surface area contributed by atoms with E-state index in [9.17, 15) is 9.90 Å². The van der Waals surface area contributed by atoms with Crippen LogP contribution in [0.1, 0.15) is 17.3 Å². The number of carbonyl (C=O) groups is 1. The molecular formula is C9H10BrNO2. The molecule has 0 saturated heterocycles. The van der Waals surface area contributed by atoms with Gasteiger partial charge in [-0.3, -0.25) is 4.79 Å². The number of anilines is 1. The molecule has 13 heavy (non-hydrogen) atoms. The maximum absolute atomic E-state index is 11.0. The molecule has 0 aliphatic carbocycles. The van der Waals surface area contributed by atoms with Gasteiger partial charge in [0.05, 0.1) is 5.69 Å². The Hall–Kier alpha value is -1.03. The van der Waals surface area contributed by atoms with Gasteiger partial charge in [-0.1, -0.05) is 28.1 Å². The molecular weight excluding hydrogens is 234 g/mol. The van der Waals surface area contributed by atoms with Crippen LogP contribution in [0.2, 0.25) is 0 Å². The molecule has 3 N–H and O–H groups in total. The van der Waals surface area contributed by atoms with Crippen LogP contribution in [0.15, 0.2) is 18.2 Å². The van der Waals surface area contributed by atoms with Gasteiger partial charge in [0.2, 0.25) is 0 Å². The van der Waals surface area contributed by atoms with E-state index < -0.39 is 4.83 Å². The Bertz CT molecular complexity index is 338. The van der Waals surface area contributed by atoms with E-state index in [-0.39, 0.29) is 17.2 Å². The van der Waals surface area contributed by atoms with E-state index in [4.69, 9.17) is 5.73 Å². The first kappa shape index (κ1) is 10.1. The lowest BCUT2D eigenvalue weighted by atomic mass is 10.1. The van der Waals surface area contributed by atoms with Crippen LogP contribution in [0.4, 0.5) is 5.69 Å². The number of nitrogens with two attached hydrogens (primary N) is 1. The van der Waals surface area contributed by atoms with E-state index in [1.165, 1.54) is 6.92 Å². The van der Waals surface area contributed by atoms with Crippen molar-refractivity contribution in [2.45, 2.75) is 11.8 Å². The molecule has 0 amide bonds. The van der Waals surface area contributed by atoms with Crippen LogP contribution in [-0.2, 0) is 4.79 Å². The summed E-state index contributed by atoms with van der Waals surface area (Å²) in [6.07, 6.45) is 0. The van der Waals surface area contributed by atoms with Gasteiger partial charge in [-0.25, -0.2) is 0 Å². The lowest BCUT2D eigenvalue weighted by Gasteiger charge is -2.09. The molecule has 0 aliphatic rings. The summed E-state index contributed by atoms with van der Waals surface area (Å²) in [4.78, 5) is 10.5. The summed E-state index contributed by atoms with van der Waals surface area (Å²) in [6, 6.07) is 4.94. The number of benzene rings is 1. The highest BCUT2D eigenvalue weighted by molar-refractivity contribution is 9.09. The highest BCUT2D eigenvalue weighted by atomic mass is 79.9. The summed E-state index contributed by atoms with van der Waals surface area (Å²) in [5, 5.41) is 9.51. The summed E-state index contributed by atoms with van der Waals surface area (Å²) < 4.78 is 0. The van der Waals surface area contributed by atoms with Crippen LogP contribution in [0.25, 0.3) is 0 Å². The Labute approximate surface area is 84.7 Å². The number of halogens is 1. The SMILES string of the molecule is CC(=O)C(Br)c1cccc(N)c1O. The molecule has 1 atom stereocenters. The molecule has 1 aromatic carbocycles. The molecule has 4 heteroatoms. The maximum Gasteiger partial charge on any atom is 0.147 e. The number of ketones is 1. The Morgan fingerprint density at radius 3 is 2.77 bits per heavy atom. The Kier molecular flexibility index (Phi) is 2.93. The van der Waals surface area contributed by atoms with Gasteiger partial charge in [0, 0.05) is 5.56 Å². The second-order valence-electron chi connectivity index (χ2n) is 2.76. The normalized spacial score (nSPS) is 12.5. The second-order valence-corrected chi connectivity index (χ2v) is 3.67. The molecule has 0 fully saturated rings. The minimum Gasteiger partial charge on any atom is -0.505 e. The summed E-state index contributed by atoms with van der Waals surface area (Å²) in [5.41, 5.74) is 6.26. The third kappa shape index (κ3) is 2.01. The van der Waals surface area contributed by atoms with E-state index in [1.54, 1.807) is 18.2 Å². The summed E-state index contributed by atoms with van der Waals surface area (Å²) in [7, 11) is 0. The van der Waals surface area contributed by atoms with Gasteiger partial charge in [-0.05, 0) is 13.0 Å². The smallest absolute Gasteiger partial charge is 0.147 e. The molecule has 0 aliphatic heterocycles. The van der Waals surface area contributed by atoms with E-state index in [2.05, 4.69) is 15.9 Å². The number of phenols is 1.